The van der Waals surface area contributed by atoms with Crippen LogP contribution in [0.3, 0.4) is 0 Å². The van der Waals surface area contributed by atoms with Crippen LogP contribution < -0.4 is 5.43 Å². The molecule has 0 aliphatic rings. The maximum atomic E-state index is 10.6. The van der Waals surface area contributed by atoms with Crippen molar-refractivity contribution in [3.8, 4) is 5.69 Å². The Labute approximate surface area is 159 Å². The third-order valence-corrected chi connectivity index (χ3v) is 4.20. The average Bonchev–Trinajstić information content (AvgIpc) is 2.91. The second kappa shape index (κ2) is 7.55. The monoisotopic (exact) mass is 389 g/mol. The number of nitro groups is 1. The van der Waals surface area contributed by atoms with Crippen LogP contribution in [-0.4, -0.2) is 20.9 Å². The molecule has 7 nitrogen and oxygen atoms in total. The summed E-state index contributed by atoms with van der Waals surface area (Å²) in [5.74, 6) is 0. The number of halogens is 2. The third kappa shape index (κ3) is 3.84. The van der Waals surface area contributed by atoms with Crippen LogP contribution in [-0.2, 0) is 0 Å². The molecule has 1 aromatic heterocycles. The third-order valence-electron chi connectivity index (χ3n) is 3.58. The predicted octanol–water partition coefficient (Wildman–Crippen LogP) is 4.84. The summed E-state index contributed by atoms with van der Waals surface area (Å²) in [4.78, 5) is 10.2. The molecule has 9 heteroatoms. The minimum Gasteiger partial charge on any atom is -0.278 e. The normalized spacial score (nSPS) is 11.0. The van der Waals surface area contributed by atoms with Crippen molar-refractivity contribution >= 4 is 40.8 Å². The number of nitrogens with zero attached hydrogens (tertiary/aromatic N) is 4. The second-order valence-electron chi connectivity index (χ2n) is 5.35. The van der Waals surface area contributed by atoms with Crippen LogP contribution in [0.5, 0.6) is 0 Å². The molecule has 26 heavy (non-hydrogen) atoms. The molecule has 3 aromatic rings. The number of aromatic nitrogens is 2. The van der Waals surface area contributed by atoms with Gasteiger partial charge in [-0.3, -0.25) is 15.5 Å². The number of aryl methyl sites for hydroxylation is 1. The summed E-state index contributed by atoms with van der Waals surface area (Å²) in [7, 11) is 0. The minimum atomic E-state index is -0.457. The molecule has 1 heterocycles. The maximum Gasteiger partial charge on any atom is 0.269 e. The van der Waals surface area contributed by atoms with Gasteiger partial charge >= 0.3 is 0 Å². The van der Waals surface area contributed by atoms with Gasteiger partial charge in [-0.2, -0.15) is 10.2 Å². The molecule has 0 fully saturated rings. The first-order valence-corrected chi connectivity index (χ1v) is 8.26. The SMILES string of the molecule is Cc1nn(-c2ccc(Cl)cc2)c(Cl)c1/C=N/Nc1ccc([N+](=O)[O-])cc1. The Morgan fingerprint density at radius 1 is 1.15 bits per heavy atom. The molecule has 0 saturated carbocycles. The number of rotatable bonds is 5. The smallest absolute Gasteiger partial charge is 0.269 e. The number of nitrogens with one attached hydrogen (secondary N) is 1. The van der Waals surface area contributed by atoms with E-state index in [9.17, 15) is 10.1 Å². The lowest BCUT2D eigenvalue weighted by Gasteiger charge is -2.03. The highest BCUT2D eigenvalue weighted by atomic mass is 35.5. The van der Waals surface area contributed by atoms with Crippen LogP contribution in [0.15, 0.2) is 53.6 Å². The quantitative estimate of drug-likeness (QED) is 0.384. The summed E-state index contributed by atoms with van der Waals surface area (Å²) in [6.07, 6.45) is 1.55. The van der Waals surface area contributed by atoms with Crippen molar-refractivity contribution < 1.29 is 4.92 Å². The number of non-ortho nitro benzene ring substituents is 1. The molecule has 0 spiro atoms. The zero-order valence-electron chi connectivity index (χ0n) is 13.6. The molecule has 0 radical (unpaired) electrons. The van der Waals surface area contributed by atoms with Crippen molar-refractivity contribution in [3.05, 3.63) is 80.1 Å². The van der Waals surface area contributed by atoms with Gasteiger partial charge in [0.1, 0.15) is 5.15 Å². The number of benzene rings is 2. The first-order valence-electron chi connectivity index (χ1n) is 7.50. The summed E-state index contributed by atoms with van der Waals surface area (Å²) < 4.78 is 1.60. The number of hydrazone groups is 1. The van der Waals surface area contributed by atoms with Crippen LogP contribution in [0.2, 0.25) is 10.2 Å². The van der Waals surface area contributed by atoms with E-state index in [-0.39, 0.29) is 5.69 Å². The van der Waals surface area contributed by atoms with Gasteiger partial charge in [0, 0.05) is 17.2 Å². The molecule has 0 unspecified atom stereocenters. The number of nitro benzene ring substituents is 1. The lowest BCUT2D eigenvalue weighted by atomic mass is 10.3. The van der Waals surface area contributed by atoms with Crippen molar-refractivity contribution in [1.29, 1.82) is 0 Å². The molecule has 3 rings (SSSR count). The fourth-order valence-corrected chi connectivity index (χ4v) is 2.69. The van der Waals surface area contributed by atoms with E-state index >= 15 is 0 Å². The molecule has 132 valence electrons. The van der Waals surface area contributed by atoms with Gasteiger partial charge in [0.15, 0.2) is 0 Å². The van der Waals surface area contributed by atoms with E-state index in [4.69, 9.17) is 23.2 Å². The fourth-order valence-electron chi connectivity index (χ4n) is 2.24. The van der Waals surface area contributed by atoms with Gasteiger partial charge in [-0.15, -0.1) is 0 Å². The van der Waals surface area contributed by atoms with Gasteiger partial charge in [0.2, 0.25) is 0 Å². The van der Waals surface area contributed by atoms with Gasteiger partial charge in [-0.1, -0.05) is 23.2 Å². The highest BCUT2D eigenvalue weighted by molar-refractivity contribution is 6.32. The van der Waals surface area contributed by atoms with E-state index in [1.165, 1.54) is 12.1 Å². The summed E-state index contributed by atoms with van der Waals surface area (Å²) in [5.41, 5.74) is 5.59. The summed E-state index contributed by atoms with van der Waals surface area (Å²) >= 11 is 12.3. The van der Waals surface area contributed by atoms with Crippen LogP contribution >= 0.6 is 23.2 Å². The Morgan fingerprint density at radius 2 is 1.81 bits per heavy atom. The zero-order valence-corrected chi connectivity index (χ0v) is 15.1. The second-order valence-corrected chi connectivity index (χ2v) is 6.15. The van der Waals surface area contributed by atoms with E-state index in [1.54, 1.807) is 35.2 Å². The molecule has 0 saturated heterocycles. The molecular weight excluding hydrogens is 377 g/mol. The van der Waals surface area contributed by atoms with Crippen LogP contribution in [0.25, 0.3) is 5.69 Å². The molecule has 1 N–H and O–H groups in total. The molecule has 0 atom stereocenters. The van der Waals surface area contributed by atoms with Crippen molar-refractivity contribution in [3.63, 3.8) is 0 Å². The van der Waals surface area contributed by atoms with E-state index < -0.39 is 4.92 Å². The van der Waals surface area contributed by atoms with Crippen molar-refractivity contribution in [1.82, 2.24) is 9.78 Å². The van der Waals surface area contributed by atoms with Crippen LogP contribution in [0.1, 0.15) is 11.3 Å². The Kier molecular flexibility index (Phi) is 5.20. The molecule has 0 aliphatic heterocycles. The van der Waals surface area contributed by atoms with Gasteiger partial charge in [-0.25, -0.2) is 4.68 Å². The largest absolute Gasteiger partial charge is 0.278 e. The maximum absolute atomic E-state index is 10.6. The van der Waals surface area contributed by atoms with Gasteiger partial charge in [0.25, 0.3) is 5.69 Å². The molecule has 0 amide bonds. The summed E-state index contributed by atoms with van der Waals surface area (Å²) in [6, 6.07) is 13.1. The Balaban J connectivity index is 1.78. The van der Waals surface area contributed by atoms with Crippen molar-refractivity contribution in [2.45, 2.75) is 6.92 Å². The minimum absolute atomic E-state index is 0.0164. The number of anilines is 1. The fraction of sp³-hybridized carbons (Fsp3) is 0.0588. The highest BCUT2D eigenvalue weighted by Crippen LogP contribution is 2.23. The Morgan fingerprint density at radius 3 is 2.42 bits per heavy atom. The standard InChI is InChI=1S/C17H13Cl2N5O2/c1-11-16(10-20-21-13-4-8-15(9-5-13)24(25)26)17(19)23(22-11)14-6-2-12(18)3-7-14/h2-10,21H,1H3/b20-10+. The van der Waals surface area contributed by atoms with Crippen molar-refractivity contribution in [2.75, 3.05) is 5.43 Å². The molecule has 0 aliphatic carbocycles. The molecule has 2 aromatic carbocycles. The van der Waals surface area contributed by atoms with E-state index in [1.807, 2.05) is 19.1 Å². The number of hydrogen-bond acceptors (Lipinski definition) is 5. The topological polar surface area (TPSA) is 85.3 Å². The Bertz CT molecular complexity index is 966. The summed E-state index contributed by atoms with van der Waals surface area (Å²) in [5, 5.41) is 20.2. The van der Waals surface area contributed by atoms with Crippen molar-refractivity contribution in [2.24, 2.45) is 5.10 Å². The van der Waals surface area contributed by atoms with Gasteiger partial charge < -0.3 is 0 Å². The number of hydrogen-bond donors (Lipinski definition) is 1. The van der Waals surface area contributed by atoms with E-state index in [0.29, 0.717) is 27.1 Å². The Hall–Kier alpha value is -2.90. The first kappa shape index (κ1) is 17.9. The van der Waals surface area contributed by atoms with Gasteiger partial charge in [-0.05, 0) is 43.3 Å². The van der Waals surface area contributed by atoms with E-state index in [0.717, 1.165) is 5.69 Å². The summed E-state index contributed by atoms with van der Waals surface area (Å²) in [6.45, 7) is 1.82. The highest BCUT2D eigenvalue weighted by Gasteiger charge is 2.13. The molecule has 0 bridgehead atoms. The predicted molar refractivity (Wildman–Crippen MR) is 103 cm³/mol. The van der Waals surface area contributed by atoms with Crippen LogP contribution in [0.4, 0.5) is 11.4 Å². The van der Waals surface area contributed by atoms with Gasteiger partial charge in [0.05, 0.1) is 33.8 Å². The zero-order chi connectivity index (χ0) is 18.7. The average molecular weight is 390 g/mol. The first-order chi connectivity index (χ1) is 12.5. The lowest BCUT2D eigenvalue weighted by Crippen LogP contribution is -1.96. The lowest BCUT2D eigenvalue weighted by molar-refractivity contribution is -0.384. The van der Waals surface area contributed by atoms with Crippen LogP contribution in [0, 0.1) is 17.0 Å². The van der Waals surface area contributed by atoms with E-state index in [2.05, 4.69) is 15.6 Å². The molecular formula is C17H13Cl2N5O2.